The molecule has 2 unspecified atom stereocenters. The van der Waals surface area contributed by atoms with Gasteiger partial charge >= 0.3 is 0 Å². The van der Waals surface area contributed by atoms with Gasteiger partial charge < -0.3 is 9.47 Å². The minimum atomic E-state index is 0.165. The molecule has 0 amide bonds. The molecule has 2 aliphatic heterocycles. The van der Waals surface area contributed by atoms with E-state index >= 15 is 0 Å². The first-order valence-corrected chi connectivity index (χ1v) is 10.0. The molecular formula is C22H26N6. The third-order valence-corrected chi connectivity index (χ3v) is 6.52. The molecule has 0 spiro atoms. The van der Waals surface area contributed by atoms with Crippen LogP contribution in [0, 0.1) is 5.92 Å². The minimum absolute atomic E-state index is 0.165. The van der Waals surface area contributed by atoms with Gasteiger partial charge in [0.15, 0.2) is 0 Å². The summed E-state index contributed by atoms with van der Waals surface area (Å²) in [5.41, 5.74) is 1.62. The number of imidazole rings is 1. The van der Waals surface area contributed by atoms with Crippen molar-refractivity contribution in [2.75, 3.05) is 31.1 Å². The molecule has 28 heavy (non-hydrogen) atoms. The fourth-order valence-electron chi connectivity index (χ4n) is 4.99. The zero-order valence-corrected chi connectivity index (χ0v) is 16.3. The van der Waals surface area contributed by atoms with Crippen LogP contribution < -0.4 is 4.90 Å². The zero-order valence-electron chi connectivity index (χ0n) is 16.3. The van der Waals surface area contributed by atoms with Gasteiger partial charge in [0.05, 0.1) is 6.54 Å². The van der Waals surface area contributed by atoms with Crippen LogP contribution in [0.4, 0.5) is 5.95 Å². The van der Waals surface area contributed by atoms with Crippen molar-refractivity contribution in [3.8, 4) is 0 Å². The second-order valence-corrected chi connectivity index (χ2v) is 8.09. The van der Waals surface area contributed by atoms with E-state index in [4.69, 9.17) is 0 Å². The average Bonchev–Trinajstić information content (AvgIpc) is 3.33. The van der Waals surface area contributed by atoms with Gasteiger partial charge in [-0.2, -0.15) is 0 Å². The molecule has 5 rings (SSSR count). The predicted molar refractivity (Wildman–Crippen MR) is 109 cm³/mol. The molecule has 0 radical (unpaired) electrons. The number of hydrogen-bond acceptors (Lipinski definition) is 5. The van der Waals surface area contributed by atoms with Crippen LogP contribution in [-0.4, -0.2) is 50.6 Å². The second kappa shape index (κ2) is 7.02. The van der Waals surface area contributed by atoms with E-state index in [-0.39, 0.29) is 5.41 Å². The topological polar surface area (TPSA) is 50.1 Å². The minimum Gasteiger partial charge on any atom is -0.340 e. The molecule has 0 bridgehead atoms. The van der Waals surface area contributed by atoms with E-state index in [9.17, 15) is 0 Å². The standard InChI is InChI=1S/C22H26N6/c1-26-13-11-23-20(26)16-27-12-8-22(18-6-3-2-4-7-18)17-28(15-19(22)14-27)21-24-9-5-10-25-21/h2-7,9-11,13,19H,8,12,14-17H2,1H3. The highest BCUT2D eigenvalue weighted by Gasteiger charge is 2.51. The lowest BCUT2D eigenvalue weighted by Crippen LogP contribution is -2.49. The van der Waals surface area contributed by atoms with E-state index in [1.165, 1.54) is 5.56 Å². The first-order valence-electron chi connectivity index (χ1n) is 10.0. The van der Waals surface area contributed by atoms with Gasteiger partial charge in [0.2, 0.25) is 5.95 Å². The lowest BCUT2D eigenvalue weighted by Gasteiger charge is -2.43. The molecule has 6 nitrogen and oxygen atoms in total. The van der Waals surface area contributed by atoms with Crippen molar-refractivity contribution in [3.63, 3.8) is 0 Å². The van der Waals surface area contributed by atoms with Gasteiger partial charge in [-0.1, -0.05) is 30.3 Å². The quantitative estimate of drug-likeness (QED) is 0.702. The Morgan fingerprint density at radius 1 is 1.00 bits per heavy atom. The van der Waals surface area contributed by atoms with Gasteiger partial charge in [-0.3, -0.25) is 4.90 Å². The summed E-state index contributed by atoms with van der Waals surface area (Å²) in [5.74, 6) is 2.53. The van der Waals surface area contributed by atoms with Gasteiger partial charge in [-0.15, -0.1) is 0 Å². The van der Waals surface area contributed by atoms with Gasteiger partial charge in [0.1, 0.15) is 5.82 Å². The normalized spacial score (nSPS) is 25.0. The Morgan fingerprint density at radius 2 is 1.82 bits per heavy atom. The van der Waals surface area contributed by atoms with Gasteiger partial charge in [0, 0.05) is 62.8 Å². The van der Waals surface area contributed by atoms with E-state index in [1.54, 1.807) is 0 Å². The first-order chi connectivity index (χ1) is 13.7. The Kier molecular flexibility index (Phi) is 4.36. The summed E-state index contributed by atoms with van der Waals surface area (Å²) in [6.07, 6.45) is 8.74. The number of fused-ring (bicyclic) bond motifs is 1. The van der Waals surface area contributed by atoms with E-state index in [2.05, 4.69) is 66.7 Å². The summed E-state index contributed by atoms with van der Waals surface area (Å²) in [4.78, 5) is 18.5. The van der Waals surface area contributed by atoms with Crippen LogP contribution in [0.1, 0.15) is 17.8 Å². The SMILES string of the molecule is Cn1ccnc1CN1CCC2(c3ccccc3)CN(c3ncccn3)CC2C1. The number of rotatable bonds is 4. The molecule has 2 aromatic heterocycles. The van der Waals surface area contributed by atoms with Crippen molar-refractivity contribution in [2.24, 2.45) is 13.0 Å². The number of aryl methyl sites for hydroxylation is 1. The maximum Gasteiger partial charge on any atom is 0.225 e. The number of likely N-dealkylation sites (tertiary alicyclic amines) is 1. The number of hydrogen-bond donors (Lipinski definition) is 0. The summed E-state index contributed by atoms with van der Waals surface area (Å²) in [6, 6.07) is 12.9. The van der Waals surface area contributed by atoms with E-state index in [0.717, 1.165) is 50.9 Å². The fraction of sp³-hybridized carbons (Fsp3) is 0.409. The molecule has 0 N–H and O–H groups in total. The van der Waals surface area contributed by atoms with Crippen LogP contribution in [0.15, 0.2) is 61.2 Å². The molecule has 4 heterocycles. The van der Waals surface area contributed by atoms with Crippen molar-refractivity contribution in [3.05, 3.63) is 72.6 Å². The molecule has 2 aliphatic rings. The highest BCUT2D eigenvalue weighted by Crippen LogP contribution is 2.46. The van der Waals surface area contributed by atoms with E-state index < -0.39 is 0 Å². The second-order valence-electron chi connectivity index (χ2n) is 8.09. The summed E-state index contributed by atoms with van der Waals surface area (Å²) in [7, 11) is 2.07. The van der Waals surface area contributed by atoms with E-state index in [1.807, 2.05) is 30.9 Å². The largest absolute Gasteiger partial charge is 0.340 e. The van der Waals surface area contributed by atoms with Crippen LogP contribution in [0.3, 0.4) is 0 Å². The average molecular weight is 374 g/mol. The summed E-state index contributed by atoms with van der Waals surface area (Å²) in [5, 5.41) is 0. The van der Waals surface area contributed by atoms with Crippen molar-refractivity contribution < 1.29 is 0 Å². The molecule has 6 heteroatoms. The predicted octanol–water partition coefficient (Wildman–Crippen LogP) is 2.49. The van der Waals surface area contributed by atoms with Gasteiger partial charge in [0.25, 0.3) is 0 Å². The molecule has 144 valence electrons. The molecule has 2 atom stereocenters. The summed E-state index contributed by atoms with van der Waals surface area (Å²) >= 11 is 0. The van der Waals surface area contributed by atoms with Crippen LogP contribution >= 0.6 is 0 Å². The number of benzene rings is 1. The molecule has 0 saturated carbocycles. The van der Waals surface area contributed by atoms with Gasteiger partial charge in [-0.05, 0) is 24.6 Å². The Balaban J connectivity index is 1.43. The van der Waals surface area contributed by atoms with Crippen LogP contribution in [-0.2, 0) is 19.0 Å². The van der Waals surface area contributed by atoms with Crippen LogP contribution in [0.5, 0.6) is 0 Å². The Bertz CT molecular complexity index is 924. The molecule has 3 aromatic rings. The molecule has 2 fully saturated rings. The van der Waals surface area contributed by atoms with Crippen LogP contribution in [0.25, 0.3) is 0 Å². The highest BCUT2D eigenvalue weighted by atomic mass is 15.3. The number of piperidine rings is 1. The number of aromatic nitrogens is 4. The smallest absolute Gasteiger partial charge is 0.225 e. The zero-order chi connectivity index (χ0) is 19.0. The van der Waals surface area contributed by atoms with E-state index in [0.29, 0.717) is 5.92 Å². The Hall–Kier alpha value is -2.73. The van der Waals surface area contributed by atoms with Gasteiger partial charge in [-0.25, -0.2) is 15.0 Å². The molecule has 0 aliphatic carbocycles. The third kappa shape index (κ3) is 2.98. The lowest BCUT2D eigenvalue weighted by atomic mass is 9.68. The monoisotopic (exact) mass is 374 g/mol. The highest BCUT2D eigenvalue weighted by molar-refractivity contribution is 5.41. The van der Waals surface area contributed by atoms with Crippen molar-refractivity contribution in [1.29, 1.82) is 0 Å². The lowest BCUT2D eigenvalue weighted by molar-refractivity contribution is 0.114. The molecular weight excluding hydrogens is 348 g/mol. The number of anilines is 1. The summed E-state index contributed by atoms with van der Waals surface area (Å²) < 4.78 is 2.12. The van der Waals surface area contributed by atoms with Crippen molar-refractivity contribution >= 4 is 5.95 Å². The third-order valence-electron chi connectivity index (χ3n) is 6.52. The van der Waals surface area contributed by atoms with Crippen LogP contribution in [0.2, 0.25) is 0 Å². The van der Waals surface area contributed by atoms with Crippen molar-refractivity contribution in [1.82, 2.24) is 24.4 Å². The maximum atomic E-state index is 4.52. The first kappa shape index (κ1) is 17.4. The molecule has 1 aromatic carbocycles. The van der Waals surface area contributed by atoms with Crippen molar-refractivity contribution in [2.45, 2.75) is 18.4 Å². The Morgan fingerprint density at radius 3 is 2.57 bits per heavy atom. The fourth-order valence-corrected chi connectivity index (χ4v) is 4.99. The number of nitrogens with zero attached hydrogens (tertiary/aromatic N) is 6. The maximum absolute atomic E-state index is 4.52. The Labute approximate surface area is 165 Å². The summed E-state index contributed by atoms with van der Waals surface area (Å²) in [6.45, 7) is 5.05. The molecule has 2 saturated heterocycles.